The number of hydrogen-bond acceptors (Lipinski definition) is 3. The van der Waals surface area contributed by atoms with Gasteiger partial charge in [0, 0.05) is 5.92 Å². The minimum Gasteiger partial charge on any atom is -0.447 e. The number of carbonyl (C=O) groups is 1. The second-order valence-electron chi connectivity index (χ2n) is 5.14. The average molecular weight is 283 g/mol. The van der Waals surface area contributed by atoms with E-state index < -0.39 is 12.2 Å². The fraction of sp³-hybridized carbons (Fsp3) is 0.235. The Morgan fingerprint density at radius 3 is 2.10 bits per heavy atom. The number of carbonyl (C=O) groups excluding carboxylic acids is 1. The first-order valence-corrected chi connectivity index (χ1v) is 6.97. The molecule has 0 spiro atoms. The van der Waals surface area contributed by atoms with Gasteiger partial charge in [0.05, 0.1) is 12.1 Å². The highest BCUT2D eigenvalue weighted by Crippen LogP contribution is 2.35. The first-order chi connectivity index (χ1) is 10.3. The molecular weight excluding hydrogens is 266 g/mol. The largest absolute Gasteiger partial charge is 0.447 e. The average Bonchev–Trinajstić information content (AvgIpc) is 2.95. The quantitative estimate of drug-likeness (QED) is 0.906. The Kier molecular flexibility index (Phi) is 3.88. The van der Waals surface area contributed by atoms with E-state index in [0.29, 0.717) is 0 Å². The zero-order valence-electron chi connectivity index (χ0n) is 11.5. The lowest BCUT2D eigenvalue weighted by molar-refractivity contribution is 0.122. The van der Waals surface area contributed by atoms with E-state index in [0.717, 1.165) is 11.1 Å². The van der Waals surface area contributed by atoms with Crippen molar-refractivity contribution >= 4 is 6.09 Å². The third kappa shape index (κ3) is 2.90. The van der Waals surface area contributed by atoms with Crippen molar-refractivity contribution in [2.75, 3.05) is 6.61 Å². The van der Waals surface area contributed by atoms with E-state index in [4.69, 9.17) is 4.74 Å². The molecule has 3 atom stereocenters. The molecule has 2 aromatic rings. The molecule has 2 unspecified atom stereocenters. The van der Waals surface area contributed by atoms with Crippen LogP contribution in [0.5, 0.6) is 0 Å². The van der Waals surface area contributed by atoms with E-state index in [1.165, 1.54) is 0 Å². The van der Waals surface area contributed by atoms with Gasteiger partial charge < -0.3 is 15.2 Å². The molecule has 4 heteroatoms. The van der Waals surface area contributed by atoms with E-state index in [2.05, 4.69) is 5.32 Å². The van der Waals surface area contributed by atoms with E-state index in [9.17, 15) is 9.90 Å². The Balaban J connectivity index is 1.94. The van der Waals surface area contributed by atoms with Gasteiger partial charge in [-0.3, -0.25) is 0 Å². The van der Waals surface area contributed by atoms with Crippen molar-refractivity contribution in [1.29, 1.82) is 0 Å². The molecule has 1 aliphatic heterocycles. The normalized spacial score (nSPS) is 20.4. The van der Waals surface area contributed by atoms with Crippen LogP contribution in [0.4, 0.5) is 4.79 Å². The molecule has 108 valence electrons. The maximum absolute atomic E-state index is 11.3. The molecule has 1 aliphatic rings. The van der Waals surface area contributed by atoms with Gasteiger partial charge in [-0.1, -0.05) is 60.7 Å². The number of aliphatic hydroxyl groups excluding tert-OH is 1. The van der Waals surface area contributed by atoms with Crippen molar-refractivity contribution in [1.82, 2.24) is 5.32 Å². The first-order valence-electron chi connectivity index (χ1n) is 6.97. The monoisotopic (exact) mass is 283 g/mol. The van der Waals surface area contributed by atoms with Crippen LogP contribution in [0.2, 0.25) is 0 Å². The molecule has 1 saturated heterocycles. The predicted molar refractivity (Wildman–Crippen MR) is 78.9 cm³/mol. The Morgan fingerprint density at radius 2 is 1.57 bits per heavy atom. The van der Waals surface area contributed by atoms with Gasteiger partial charge in [-0.2, -0.15) is 0 Å². The molecule has 1 fully saturated rings. The van der Waals surface area contributed by atoms with Crippen molar-refractivity contribution < 1.29 is 14.6 Å². The molecule has 0 bridgehead atoms. The summed E-state index contributed by atoms with van der Waals surface area (Å²) in [6, 6.07) is 18.9. The van der Waals surface area contributed by atoms with Crippen LogP contribution in [0.1, 0.15) is 23.1 Å². The third-order valence-corrected chi connectivity index (χ3v) is 3.80. The fourth-order valence-corrected chi connectivity index (χ4v) is 2.76. The standard InChI is InChI=1S/C17H17NO3/c19-16(13-9-5-2-6-10-13)15(12-7-3-1-4-8-12)14-11-21-17(20)18-14/h1-10,14-16,19H,11H2,(H,18,20)/t14-,15?,16?/m1/s1. The number of ether oxygens (including phenoxy) is 1. The summed E-state index contributed by atoms with van der Waals surface area (Å²) in [5.74, 6) is -0.250. The SMILES string of the molecule is O=C1N[C@@H](C(c2ccccc2)C(O)c2ccccc2)CO1. The summed E-state index contributed by atoms with van der Waals surface area (Å²) in [6.07, 6.45) is -1.14. The molecule has 0 aliphatic carbocycles. The summed E-state index contributed by atoms with van der Waals surface area (Å²) in [7, 11) is 0. The van der Waals surface area contributed by atoms with Crippen LogP contribution in [-0.4, -0.2) is 23.8 Å². The van der Waals surface area contributed by atoms with Crippen molar-refractivity contribution in [3.05, 3.63) is 71.8 Å². The van der Waals surface area contributed by atoms with Gasteiger partial charge in [0.2, 0.25) is 0 Å². The summed E-state index contributed by atoms with van der Waals surface area (Å²) >= 11 is 0. The zero-order chi connectivity index (χ0) is 14.7. The molecule has 1 amide bonds. The Hall–Kier alpha value is -2.33. The highest BCUT2D eigenvalue weighted by molar-refractivity contribution is 5.70. The minimum atomic E-state index is -0.708. The van der Waals surface area contributed by atoms with Crippen LogP contribution in [0.25, 0.3) is 0 Å². The summed E-state index contributed by atoms with van der Waals surface area (Å²) in [6.45, 7) is 0.266. The van der Waals surface area contributed by atoms with Gasteiger partial charge in [-0.05, 0) is 11.1 Å². The van der Waals surface area contributed by atoms with Gasteiger partial charge in [0.1, 0.15) is 6.61 Å². The molecule has 2 N–H and O–H groups in total. The molecule has 3 rings (SSSR count). The number of rotatable bonds is 4. The number of alkyl carbamates (subject to hydrolysis) is 1. The molecule has 21 heavy (non-hydrogen) atoms. The van der Waals surface area contributed by atoms with E-state index in [1.807, 2.05) is 60.7 Å². The first kappa shape index (κ1) is 13.6. The molecule has 1 heterocycles. The molecular formula is C17H17NO3. The van der Waals surface area contributed by atoms with E-state index in [1.54, 1.807) is 0 Å². The van der Waals surface area contributed by atoms with Gasteiger partial charge in [-0.25, -0.2) is 4.79 Å². The van der Waals surface area contributed by atoms with Gasteiger partial charge in [0.15, 0.2) is 0 Å². The second kappa shape index (κ2) is 5.97. The van der Waals surface area contributed by atoms with Crippen molar-refractivity contribution in [3.63, 3.8) is 0 Å². The number of cyclic esters (lactones) is 1. The van der Waals surface area contributed by atoms with E-state index in [-0.39, 0.29) is 18.6 Å². The van der Waals surface area contributed by atoms with E-state index >= 15 is 0 Å². The maximum Gasteiger partial charge on any atom is 0.407 e. The smallest absolute Gasteiger partial charge is 0.407 e. The third-order valence-electron chi connectivity index (χ3n) is 3.80. The van der Waals surface area contributed by atoms with Crippen LogP contribution in [0.3, 0.4) is 0 Å². The van der Waals surface area contributed by atoms with Gasteiger partial charge in [0.25, 0.3) is 0 Å². The van der Waals surface area contributed by atoms with Crippen molar-refractivity contribution in [2.45, 2.75) is 18.1 Å². The highest BCUT2D eigenvalue weighted by Gasteiger charge is 2.36. The van der Waals surface area contributed by atoms with Crippen molar-refractivity contribution in [3.8, 4) is 0 Å². The summed E-state index contributed by atoms with van der Waals surface area (Å²) in [5, 5.41) is 13.6. The summed E-state index contributed by atoms with van der Waals surface area (Å²) in [4.78, 5) is 11.3. The van der Waals surface area contributed by atoms with Gasteiger partial charge in [-0.15, -0.1) is 0 Å². The number of hydrogen-bond donors (Lipinski definition) is 2. The van der Waals surface area contributed by atoms with Crippen molar-refractivity contribution in [2.24, 2.45) is 0 Å². The topological polar surface area (TPSA) is 58.6 Å². The van der Waals surface area contributed by atoms with Crippen LogP contribution in [0, 0.1) is 0 Å². The number of benzene rings is 2. The molecule has 0 aromatic heterocycles. The molecule has 0 radical (unpaired) electrons. The summed E-state index contributed by atoms with van der Waals surface area (Å²) in [5.41, 5.74) is 1.80. The number of aliphatic hydroxyl groups is 1. The number of nitrogens with one attached hydrogen (secondary N) is 1. The Bertz CT molecular complexity index is 600. The highest BCUT2D eigenvalue weighted by atomic mass is 16.6. The Morgan fingerprint density at radius 1 is 1.00 bits per heavy atom. The second-order valence-corrected chi connectivity index (χ2v) is 5.14. The molecule has 2 aromatic carbocycles. The lowest BCUT2D eigenvalue weighted by Gasteiger charge is -2.27. The van der Waals surface area contributed by atoms with Crippen LogP contribution in [0.15, 0.2) is 60.7 Å². The Labute approximate surface area is 123 Å². The minimum absolute atomic E-state index is 0.241. The lowest BCUT2D eigenvalue weighted by Crippen LogP contribution is -2.36. The van der Waals surface area contributed by atoms with Gasteiger partial charge >= 0.3 is 6.09 Å². The molecule has 0 saturated carbocycles. The van der Waals surface area contributed by atoms with Crippen LogP contribution >= 0.6 is 0 Å². The maximum atomic E-state index is 11.3. The number of amides is 1. The van der Waals surface area contributed by atoms with Crippen LogP contribution in [-0.2, 0) is 4.74 Å². The predicted octanol–water partition coefficient (Wildman–Crippen LogP) is 2.61. The molecule has 4 nitrogen and oxygen atoms in total. The summed E-state index contributed by atoms with van der Waals surface area (Å²) < 4.78 is 4.99. The zero-order valence-corrected chi connectivity index (χ0v) is 11.5. The lowest BCUT2D eigenvalue weighted by atomic mass is 9.84. The fourth-order valence-electron chi connectivity index (χ4n) is 2.76. The van der Waals surface area contributed by atoms with Crippen LogP contribution < -0.4 is 5.32 Å².